The van der Waals surface area contributed by atoms with E-state index in [0.29, 0.717) is 0 Å². The fraction of sp³-hybridized carbons (Fsp3) is 0.900. The Morgan fingerprint density at radius 1 is 1.31 bits per heavy atom. The fourth-order valence-electron chi connectivity index (χ4n) is 0.354. The monoisotopic (exact) mass is 191 g/mol. The SMILES string of the molecule is CC.CCC(=O)O.CCCCNC. The maximum Gasteiger partial charge on any atom is 0.303 e. The number of unbranched alkanes of at least 4 members (excludes halogenated alkanes) is 1. The third-order valence-electron chi connectivity index (χ3n) is 1.08. The van der Waals surface area contributed by atoms with Gasteiger partial charge in [-0.25, -0.2) is 0 Å². The van der Waals surface area contributed by atoms with Crippen LogP contribution in [0.1, 0.15) is 47.0 Å². The van der Waals surface area contributed by atoms with Crippen LogP contribution in [-0.4, -0.2) is 24.7 Å². The molecule has 0 aliphatic rings. The number of carboxylic acid groups (broad SMARTS) is 1. The minimum atomic E-state index is -0.745. The minimum absolute atomic E-state index is 0.222. The normalized spacial score (nSPS) is 7.46. The van der Waals surface area contributed by atoms with E-state index in [4.69, 9.17) is 5.11 Å². The highest BCUT2D eigenvalue weighted by Gasteiger charge is 1.80. The smallest absolute Gasteiger partial charge is 0.303 e. The molecule has 0 aromatic carbocycles. The Bertz CT molecular complexity index is 81.0. The van der Waals surface area contributed by atoms with E-state index >= 15 is 0 Å². The lowest BCUT2D eigenvalue weighted by Gasteiger charge is -1.89. The molecule has 0 amide bonds. The van der Waals surface area contributed by atoms with Crippen molar-refractivity contribution in [3.63, 3.8) is 0 Å². The van der Waals surface area contributed by atoms with Gasteiger partial charge in [-0.05, 0) is 20.0 Å². The summed E-state index contributed by atoms with van der Waals surface area (Å²) in [4.78, 5) is 9.37. The third-order valence-corrected chi connectivity index (χ3v) is 1.08. The van der Waals surface area contributed by atoms with E-state index in [0.717, 1.165) is 6.54 Å². The molecule has 82 valence electrons. The molecular weight excluding hydrogens is 166 g/mol. The Morgan fingerprint density at radius 2 is 1.69 bits per heavy atom. The molecule has 0 heterocycles. The number of carbonyl (C=O) groups is 1. The Kier molecular flexibility index (Phi) is 31.6. The summed E-state index contributed by atoms with van der Waals surface area (Å²) in [5.74, 6) is -0.745. The molecule has 0 bridgehead atoms. The first-order valence-electron chi connectivity index (χ1n) is 5.05. The number of hydrogen-bond donors (Lipinski definition) is 2. The molecule has 0 rings (SSSR count). The van der Waals surface area contributed by atoms with Gasteiger partial charge in [-0.3, -0.25) is 4.79 Å². The van der Waals surface area contributed by atoms with Gasteiger partial charge in [0.25, 0.3) is 0 Å². The molecule has 3 heteroatoms. The van der Waals surface area contributed by atoms with Gasteiger partial charge in [0.1, 0.15) is 0 Å². The van der Waals surface area contributed by atoms with E-state index in [9.17, 15) is 4.79 Å². The molecule has 0 radical (unpaired) electrons. The number of carboxylic acids is 1. The van der Waals surface area contributed by atoms with Crippen LogP contribution in [0.2, 0.25) is 0 Å². The molecule has 3 nitrogen and oxygen atoms in total. The first-order valence-corrected chi connectivity index (χ1v) is 5.05. The van der Waals surface area contributed by atoms with Crippen LogP contribution in [0.4, 0.5) is 0 Å². The Labute approximate surface area is 82.5 Å². The molecule has 0 spiro atoms. The fourth-order valence-corrected chi connectivity index (χ4v) is 0.354. The molecule has 0 saturated heterocycles. The van der Waals surface area contributed by atoms with Crippen LogP contribution in [0.25, 0.3) is 0 Å². The van der Waals surface area contributed by atoms with Crippen molar-refractivity contribution in [3.8, 4) is 0 Å². The highest BCUT2D eigenvalue weighted by molar-refractivity contribution is 5.66. The lowest BCUT2D eigenvalue weighted by atomic mass is 10.3. The summed E-state index contributed by atoms with van der Waals surface area (Å²) < 4.78 is 0. The number of hydrogen-bond acceptors (Lipinski definition) is 2. The van der Waals surface area contributed by atoms with Crippen molar-refractivity contribution in [2.75, 3.05) is 13.6 Å². The van der Waals surface area contributed by atoms with Crippen molar-refractivity contribution in [2.24, 2.45) is 0 Å². The van der Waals surface area contributed by atoms with E-state index in [1.807, 2.05) is 20.9 Å². The minimum Gasteiger partial charge on any atom is -0.481 e. The molecule has 0 aromatic heterocycles. The van der Waals surface area contributed by atoms with Gasteiger partial charge in [0.2, 0.25) is 0 Å². The zero-order chi connectivity index (χ0) is 11.1. The van der Waals surface area contributed by atoms with Gasteiger partial charge in [-0.15, -0.1) is 0 Å². The van der Waals surface area contributed by atoms with Crippen molar-refractivity contribution in [1.29, 1.82) is 0 Å². The lowest BCUT2D eigenvalue weighted by molar-refractivity contribution is -0.136. The van der Waals surface area contributed by atoms with Crippen molar-refractivity contribution >= 4 is 5.97 Å². The Hall–Kier alpha value is -0.570. The van der Waals surface area contributed by atoms with Crippen molar-refractivity contribution < 1.29 is 9.90 Å². The van der Waals surface area contributed by atoms with Crippen LogP contribution >= 0.6 is 0 Å². The molecule has 0 fully saturated rings. The van der Waals surface area contributed by atoms with Gasteiger partial charge >= 0.3 is 5.97 Å². The summed E-state index contributed by atoms with van der Waals surface area (Å²) in [6.45, 7) is 8.95. The summed E-state index contributed by atoms with van der Waals surface area (Å²) in [5, 5.41) is 10.8. The van der Waals surface area contributed by atoms with Crippen molar-refractivity contribution in [3.05, 3.63) is 0 Å². The maximum atomic E-state index is 9.37. The second kappa shape index (κ2) is 22.5. The molecule has 0 aliphatic carbocycles. The highest BCUT2D eigenvalue weighted by atomic mass is 16.4. The molecule has 0 aromatic rings. The summed E-state index contributed by atoms with van der Waals surface area (Å²) in [6, 6.07) is 0. The van der Waals surface area contributed by atoms with Crippen LogP contribution in [0.5, 0.6) is 0 Å². The average molecular weight is 191 g/mol. The van der Waals surface area contributed by atoms with E-state index in [2.05, 4.69) is 12.2 Å². The number of aliphatic carboxylic acids is 1. The van der Waals surface area contributed by atoms with Gasteiger partial charge in [0.05, 0.1) is 0 Å². The summed E-state index contributed by atoms with van der Waals surface area (Å²) in [6.07, 6.45) is 2.82. The summed E-state index contributed by atoms with van der Waals surface area (Å²) in [5.41, 5.74) is 0. The van der Waals surface area contributed by atoms with E-state index in [1.165, 1.54) is 12.8 Å². The van der Waals surface area contributed by atoms with Crippen molar-refractivity contribution in [2.45, 2.75) is 47.0 Å². The quantitative estimate of drug-likeness (QED) is 0.671. The van der Waals surface area contributed by atoms with Crippen LogP contribution in [0.15, 0.2) is 0 Å². The Balaban J connectivity index is -0.000000131. The topological polar surface area (TPSA) is 49.3 Å². The first kappa shape index (κ1) is 18.3. The predicted octanol–water partition coefficient (Wildman–Crippen LogP) is 2.51. The zero-order valence-electron chi connectivity index (χ0n) is 9.68. The number of nitrogens with one attached hydrogen (secondary N) is 1. The molecule has 0 saturated carbocycles. The lowest BCUT2D eigenvalue weighted by Crippen LogP contribution is -2.06. The van der Waals surface area contributed by atoms with Crippen molar-refractivity contribution in [1.82, 2.24) is 5.32 Å². The van der Waals surface area contributed by atoms with Crippen LogP contribution in [0.3, 0.4) is 0 Å². The van der Waals surface area contributed by atoms with Gasteiger partial charge in [-0.2, -0.15) is 0 Å². The van der Waals surface area contributed by atoms with Crippen LogP contribution in [0, 0.1) is 0 Å². The molecule has 0 atom stereocenters. The molecule has 13 heavy (non-hydrogen) atoms. The standard InChI is InChI=1S/C5H13N.C3H6O2.C2H6/c1-3-4-5-6-2;1-2-3(4)5;1-2/h6H,3-5H2,1-2H3;2H2,1H3,(H,4,5);1-2H3. The van der Waals surface area contributed by atoms with Gasteiger partial charge in [0.15, 0.2) is 0 Å². The van der Waals surface area contributed by atoms with Gasteiger partial charge in [0, 0.05) is 6.42 Å². The van der Waals surface area contributed by atoms with Crippen LogP contribution in [-0.2, 0) is 4.79 Å². The third kappa shape index (κ3) is 51.8. The maximum absolute atomic E-state index is 9.37. The molecular formula is C10H25NO2. The Morgan fingerprint density at radius 3 is 1.77 bits per heavy atom. The zero-order valence-corrected chi connectivity index (χ0v) is 9.68. The van der Waals surface area contributed by atoms with E-state index < -0.39 is 5.97 Å². The second-order valence-corrected chi connectivity index (χ2v) is 2.20. The summed E-state index contributed by atoms with van der Waals surface area (Å²) in [7, 11) is 1.98. The largest absolute Gasteiger partial charge is 0.481 e. The second-order valence-electron chi connectivity index (χ2n) is 2.20. The highest BCUT2D eigenvalue weighted by Crippen LogP contribution is 1.79. The van der Waals surface area contributed by atoms with E-state index in [-0.39, 0.29) is 6.42 Å². The predicted molar refractivity (Wildman–Crippen MR) is 58.1 cm³/mol. The molecule has 2 N–H and O–H groups in total. The van der Waals surface area contributed by atoms with Crippen LogP contribution < -0.4 is 5.32 Å². The van der Waals surface area contributed by atoms with Gasteiger partial charge in [-0.1, -0.05) is 34.1 Å². The molecule has 0 unspecified atom stereocenters. The van der Waals surface area contributed by atoms with E-state index in [1.54, 1.807) is 6.92 Å². The average Bonchev–Trinajstić information content (AvgIpc) is 2.18. The first-order chi connectivity index (χ1) is 6.18. The molecule has 0 aliphatic heterocycles. The summed E-state index contributed by atoms with van der Waals surface area (Å²) >= 11 is 0. The number of rotatable bonds is 4. The van der Waals surface area contributed by atoms with Gasteiger partial charge < -0.3 is 10.4 Å².